The van der Waals surface area contributed by atoms with Gasteiger partial charge in [-0.1, -0.05) is 18.2 Å². The van der Waals surface area contributed by atoms with Crippen molar-refractivity contribution in [3.05, 3.63) is 66.0 Å². The van der Waals surface area contributed by atoms with Gasteiger partial charge < -0.3 is 14.6 Å². The van der Waals surface area contributed by atoms with E-state index in [2.05, 4.69) is 46.1 Å². The average molecular weight is 392 g/mol. The van der Waals surface area contributed by atoms with Gasteiger partial charge in [0.25, 0.3) is 5.91 Å². The van der Waals surface area contributed by atoms with Gasteiger partial charge in [0.05, 0.1) is 11.4 Å². The fraction of sp³-hybridized carbons (Fsp3) is 0.182. The lowest BCUT2D eigenvalue weighted by molar-refractivity contribution is -0.118. The first kappa shape index (κ1) is 18.7. The van der Waals surface area contributed by atoms with Crippen LogP contribution in [-0.4, -0.2) is 27.3 Å². The first-order chi connectivity index (χ1) is 14.1. The Morgan fingerprint density at radius 3 is 2.72 bits per heavy atom. The fourth-order valence-corrected chi connectivity index (χ4v) is 3.52. The van der Waals surface area contributed by atoms with Gasteiger partial charge in [-0.05, 0) is 49.7 Å². The van der Waals surface area contributed by atoms with E-state index in [1.54, 1.807) is 0 Å². The second-order valence-corrected chi connectivity index (χ2v) is 6.69. The van der Waals surface area contributed by atoms with Gasteiger partial charge in [0.15, 0.2) is 12.4 Å². The number of fused-ring (bicyclic) bond motifs is 1. The maximum Gasteiger partial charge on any atom is 0.263 e. The molecule has 0 saturated heterocycles. The number of aromatic nitrogens is 3. The third-order valence-electron chi connectivity index (χ3n) is 4.82. The summed E-state index contributed by atoms with van der Waals surface area (Å²) in [4.78, 5) is 12.2. The van der Waals surface area contributed by atoms with Crippen molar-refractivity contribution >= 4 is 22.6 Å². The highest BCUT2D eigenvalue weighted by atomic mass is 19.1. The molecular formula is C22H21FN4O2. The van der Waals surface area contributed by atoms with E-state index < -0.39 is 0 Å². The van der Waals surface area contributed by atoms with E-state index >= 15 is 0 Å². The average Bonchev–Trinajstić information content (AvgIpc) is 3.29. The summed E-state index contributed by atoms with van der Waals surface area (Å²) in [6.07, 6.45) is 0. The van der Waals surface area contributed by atoms with Crippen molar-refractivity contribution in [3.63, 3.8) is 0 Å². The van der Waals surface area contributed by atoms with Crippen molar-refractivity contribution in [2.24, 2.45) is 0 Å². The summed E-state index contributed by atoms with van der Waals surface area (Å²) in [7, 11) is 0. The fourth-order valence-electron chi connectivity index (χ4n) is 3.52. The van der Waals surface area contributed by atoms with E-state index in [9.17, 15) is 9.18 Å². The van der Waals surface area contributed by atoms with Crippen molar-refractivity contribution in [3.8, 4) is 17.1 Å². The minimum absolute atomic E-state index is 0.192. The molecule has 0 fully saturated rings. The first-order valence-corrected chi connectivity index (χ1v) is 9.38. The van der Waals surface area contributed by atoms with Crippen LogP contribution in [0.4, 0.5) is 10.2 Å². The normalized spacial score (nSPS) is 11.0. The molecule has 1 amide bonds. The summed E-state index contributed by atoms with van der Waals surface area (Å²) in [6, 6.07) is 15.6. The van der Waals surface area contributed by atoms with Gasteiger partial charge in [0.2, 0.25) is 0 Å². The van der Waals surface area contributed by atoms with E-state index in [4.69, 9.17) is 4.74 Å². The number of carbonyl (C=O) groups excluding carboxylic acids is 1. The minimum Gasteiger partial charge on any atom is -0.484 e. The van der Waals surface area contributed by atoms with Crippen LogP contribution >= 0.6 is 0 Å². The number of anilines is 1. The minimum atomic E-state index is -0.356. The molecule has 0 bridgehead atoms. The molecule has 0 atom stereocenters. The van der Waals surface area contributed by atoms with Crippen molar-refractivity contribution in [1.82, 2.24) is 14.8 Å². The number of aryl methyl sites for hydroxylation is 2. The highest BCUT2D eigenvalue weighted by Crippen LogP contribution is 2.33. The lowest BCUT2D eigenvalue weighted by atomic mass is 10.1. The summed E-state index contributed by atoms with van der Waals surface area (Å²) >= 11 is 0. The molecule has 29 heavy (non-hydrogen) atoms. The largest absolute Gasteiger partial charge is 0.484 e. The number of hydrogen-bond acceptors (Lipinski definition) is 3. The maximum absolute atomic E-state index is 12.9. The predicted molar refractivity (Wildman–Crippen MR) is 110 cm³/mol. The number of aromatic amines is 1. The highest BCUT2D eigenvalue weighted by molar-refractivity contribution is 5.93. The second kappa shape index (κ2) is 7.79. The zero-order valence-electron chi connectivity index (χ0n) is 16.2. The Bertz CT molecular complexity index is 1160. The van der Waals surface area contributed by atoms with E-state index in [0.29, 0.717) is 11.6 Å². The molecule has 0 saturated carbocycles. The van der Waals surface area contributed by atoms with E-state index in [1.165, 1.54) is 29.7 Å². The number of benzene rings is 2. The van der Waals surface area contributed by atoms with Gasteiger partial charge in [0, 0.05) is 23.5 Å². The molecule has 2 N–H and O–H groups in total. The lowest BCUT2D eigenvalue weighted by Crippen LogP contribution is -2.20. The van der Waals surface area contributed by atoms with Gasteiger partial charge in [-0.15, -0.1) is 0 Å². The number of nitrogens with zero attached hydrogens (tertiary/aromatic N) is 2. The Morgan fingerprint density at radius 1 is 1.21 bits per heavy atom. The molecule has 2 aromatic heterocycles. The molecule has 7 heteroatoms. The Balaban J connectivity index is 1.50. The Morgan fingerprint density at radius 2 is 1.97 bits per heavy atom. The molecular weight excluding hydrogens is 371 g/mol. The number of H-pyrrole nitrogens is 1. The predicted octanol–water partition coefficient (Wildman–Crippen LogP) is 4.52. The summed E-state index contributed by atoms with van der Waals surface area (Å²) in [5, 5.41) is 11.1. The molecule has 2 aromatic carbocycles. The highest BCUT2D eigenvalue weighted by Gasteiger charge is 2.17. The Kier molecular flexibility index (Phi) is 5.03. The number of halogens is 1. The molecule has 4 rings (SSSR count). The molecule has 0 unspecified atom stereocenters. The van der Waals surface area contributed by atoms with E-state index in [1.807, 2.05) is 18.2 Å². The summed E-state index contributed by atoms with van der Waals surface area (Å²) in [5.41, 5.74) is 4.19. The number of para-hydroxylation sites is 1. The SMILES string of the molecule is CCn1c(-c2cc(NC(=O)COc3ccc(F)cc3)n[nH]2)c(C)c2ccccc21. The lowest BCUT2D eigenvalue weighted by Gasteiger charge is -2.07. The van der Waals surface area contributed by atoms with Crippen LogP contribution in [0.3, 0.4) is 0 Å². The maximum atomic E-state index is 12.9. The number of ether oxygens (including phenoxy) is 1. The Labute approximate surface area is 167 Å². The van der Waals surface area contributed by atoms with Crippen LogP contribution in [0.15, 0.2) is 54.6 Å². The van der Waals surface area contributed by atoms with Gasteiger partial charge in [-0.25, -0.2) is 4.39 Å². The number of rotatable bonds is 6. The van der Waals surface area contributed by atoms with Crippen LogP contribution in [0, 0.1) is 12.7 Å². The zero-order valence-corrected chi connectivity index (χ0v) is 16.2. The molecule has 0 spiro atoms. The van der Waals surface area contributed by atoms with Crippen LogP contribution in [0.5, 0.6) is 5.75 Å². The van der Waals surface area contributed by atoms with E-state index in [-0.39, 0.29) is 18.3 Å². The molecule has 148 valence electrons. The Hall–Kier alpha value is -3.61. The number of hydrogen-bond donors (Lipinski definition) is 2. The molecule has 0 aliphatic rings. The van der Waals surface area contributed by atoms with Gasteiger partial charge in [0.1, 0.15) is 11.6 Å². The second-order valence-electron chi connectivity index (χ2n) is 6.69. The third-order valence-corrected chi connectivity index (χ3v) is 4.82. The zero-order chi connectivity index (χ0) is 20.4. The summed E-state index contributed by atoms with van der Waals surface area (Å²) in [6.45, 7) is 4.80. The van der Waals surface area contributed by atoms with Gasteiger partial charge in [-0.2, -0.15) is 5.10 Å². The van der Waals surface area contributed by atoms with Crippen LogP contribution in [-0.2, 0) is 11.3 Å². The molecule has 0 aliphatic heterocycles. The molecule has 2 heterocycles. The van der Waals surface area contributed by atoms with Crippen LogP contribution in [0.25, 0.3) is 22.3 Å². The topological polar surface area (TPSA) is 71.9 Å². The number of carbonyl (C=O) groups is 1. The van der Waals surface area contributed by atoms with Crippen LogP contribution < -0.4 is 10.1 Å². The van der Waals surface area contributed by atoms with E-state index in [0.717, 1.165) is 29.0 Å². The van der Waals surface area contributed by atoms with Crippen molar-refractivity contribution in [2.75, 3.05) is 11.9 Å². The van der Waals surface area contributed by atoms with Gasteiger partial charge >= 0.3 is 0 Å². The third kappa shape index (κ3) is 3.71. The van der Waals surface area contributed by atoms with Crippen molar-refractivity contribution in [2.45, 2.75) is 20.4 Å². The molecule has 0 radical (unpaired) electrons. The monoisotopic (exact) mass is 392 g/mol. The standard InChI is InChI=1S/C22H21FN4O2/c1-3-27-19-7-5-4-6-17(19)14(2)22(27)18-12-20(26-25-18)24-21(28)13-29-16-10-8-15(23)9-11-16/h4-12H,3,13H2,1-2H3,(H2,24,25,26,28). The summed E-state index contributed by atoms with van der Waals surface area (Å²) in [5.74, 6) is 0.137. The molecule has 0 aliphatic carbocycles. The van der Waals surface area contributed by atoms with Crippen molar-refractivity contribution < 1.29 is 13.9 Å². The molecule has 6 nitrogen and oxygen atoms in total. The smallest absolute Gasteiger partial charge is 0.263 e. The summed E-state index contributed by atoms with van der Waals surface area (Å²) < 4.78 is 20.5. The molecule has 4 aromatic rings. The van der Waals surface area contributed by atoms with Crippen LogP contribution in [0.1, 0.15) is 12.5 Å². The van der Waals surface area contributed by atoms with Crippen molar-refractivity contribution in [1.29, 1.82) is 0 Å². The number of nitrogens with one attached hydrogen (secondary N) is 2. The van der Waals surface area contributed by atoms with Gasteiger partial charge in [-0.3, -0.25) is 9.89 Å². The van der Waals surface area contributed by atoms with Crippen LogP contribution in [0.2, 0.25) is 0 Å². The quantitative estimate of drug-likeness (QED) is 0.507. The number of amides is 1. The first-order valence-electron chi connectivity index (χ1n) is 9.38.